The number of hydrogen-bond donors (Lipinski definition) is 1. The molecule has 0 aromatic carbocycles. The molecule has 1 rings (SSSR count). The van der Waals surface area contributed by atoms with Gasteiger partial charge in [0.25, 0.3) is 0 Å². The average molecular weight is 265 g/mol. The van der Waals surface area contributed by atoms with Crippen molar-refractivity contribution in [3.05, 3.63) is 23.8 Å². The van der Waals surface area contributed by atoms with Crippen LogP contribution in [0.15, 0.2) is 12.3 Å². The molecule has 1 aromatic heterocycles. The van der Waals surface area contributed by atoms with Gasteiger partial charge in [-0.25, -0.2) is 9.97 Å². The van der Waals surface area contributed by atoms with Crippen LogP contribution in [0, 0.1) is 0 Å². The number of hydrogen-bond acceptors (Lipinski definition) is 4. The highest BCUT2D eigenvalue weighted by atomic mass is 16.5. The Morgan fingerprint density at radius 3 is 2.53 bits per heavy atom. The maximum atomic E-state index is 5.95. The first-order valence-electron chi connectivity index (χ1n) is 7.39. The number of ether oxygens (including phenoxy) is 1. The summed E-state index contributed by atoms with van der Waals surface area (Å²) in [5, 5.41) is 3.37. The Morgan fingerprint density at radius 1 is 1.21 bits per heavy atom. The van der Waals surface area contributed by atoms with Crippen LogP contribution in [0.4, 0.5) is 0 Å². The summed E-state index contributed by atoms with van der Waals surface area (Å²) >= 11 is 0. The molecular weight excluding hydrogens is 238 g/mol. The minimum absolute atomic E-state index is 0.338. The van der Waals surface area contributed by atoms with Gasteiger partial charge >= 0.3 is 0 Å². The summed E-state index contributed by atoms with van der Waals surface area (Å²) in [5.41, 5.74) is 0.694. The Morgan fingerprint density at radius 2 is 1.95 bits per heavy atom. The van der Waals surface area contributed by atoms with Gasteiger partial charge in [-0.3, -0.25) is 0 Å². The lowest BCUT2D eigenvalue weighted by molar-refractivity contribution is -0.0573. The molecule has 0 amide bonds. The molecular formula is C15H27N3O. The highest BCUT2D eigenvalue weighted by Gasteiger charge is 2.32. The molecule has 19 heavy (non-hydrogen) atoms. The van der Waals surface area contributed by atoms with Crippen molar-refractivity contribution in [2.24, 2.45) is 0 Å². The van der Waals surface area contributed by atoms with E-state index in [2.05, 4.69) is 36.1 Å². The van der Waals surface area contributed by atoms with E-state index in [0.29, 0.717) is 6.61 Å². The standard InChI is InChI=1S/C15H27N3O/c1-5-10-16-12-13-9-11-17-14(18-13)15(6-2,7-3)19-8-4/h9,11,16H,5-8,10,12H2,1-4H3. The van der Waals surface area contributed by atoms with E-state index in [1.54, 1.807) is 0 Å². The highest BCUT2D eigenvalue weighted by Crippen LogP contribution is 2.30. The molecule has 1 aromatic rings. The topological polar surface area (TPSA) is 47.0 Å². The number of rotatable bonds is 9. The molecule has 0 radical (unpaired) electrons. The van der Waals surface area contributed by atoms with Gasteiger partial charge in [0.1, 0.15) is 5.60 Å². The van der Waals surface area contributed by atoms with Gasteiger partial charge in [0.05, 0.1) is 5.69 Å². The Hall–Kier alpha value is -1.00. The van der Waals surface area contributed by atoms with E-state index in [-0.39, 0.29) is 5.60 Å². The molecule has 0 fully saturated rings. The number of nitrogens with zero attached hydrogens (tertiary/aromatic N) is 2. The van der Waals surface area contributed by atoms with Crippen LogP contribution in [0.1, 0.15) is 58.5 Å². The first kappa shape index (κ1) is 16.1. The third-order valence-corrected chi connectivity index (χ3v) is 3.42. The zero-order valence-corrected chi connectivity index (χ0v) is 12.7. The molecule has 0 saturated heterocycles. The van der Waals surface area contributed by atoms with Crippen molar-refractivity contribution in [2.45, 2.75) is 59.1 Å². The van der Waals surface area contributed by atoms with Crippen LogP contribution in [-0.2, 0) is 16.9 Å². The Labute approximate surface area is 117 Å². The molecule has 4 heteroatoms. The smallest absolute Gasteiger partial charge is 0.160 e. The van der Waals surface area contributed by atoms with Crippen LogP contribution >= 0.6 is 0 Å². The van der Waals surface area contributed by atoms with Crippen LogP contribution in [0.3, 0.4) is 0 Å². The van der Waals surface area contributed by atoms with Crippen molar-refractivity contribution in [2.75, 3.05) is 13.2 Å². The largest absolute Gasteiger partial charge is 0.367 e. The molecule has 1 heterocycles. The van der Waals surface area contributed by atoms with Gasteiger partial charge in [0.15, 0.2) is 5.82 Å². The van der Waals surface area contributed by atoms with Gasteiger partial charge in [-0.05, 0) is 38.8 Å². The van der Waals surface area contributed by atoms with Gasteiger partial charge in [-0.15, -0.1) is 0 Å². The van der Waals surface area contributed by atoms with Crippen LogP contribution in [0.2, 0.25) is 0 Å². The van der Waals surface area contributed by atoms with Gasteiger partial charge in [-0.1, -0.05) is 20.8 Å². The molecule has 0 unspecified atom stereocenters. The maximum Gasteiger partial charge on any atom is 0.160 e. The van der Waals surface area contributed by atoms with Crippen molar-refractivity contribution < 1.29 is 4.74 Å². The average Bonchev–Trinajstić information content (AvgIpc) is 2.45. The Bertz CT molecular complexity index is 364. The van der Waals surface area contributed by atoms with Crippen molar-refractivity contribution in [1.82, 2.24) is 15.3 Å². The fourth-order valence-corrected chi connectivity index (χ4v) is 2.22. The Kier molecular flexibility index (Phi) is 6.95. The molecule has 4 nitrogen and oxygen atoms in total. The van der Waals surface area contributed by atoms with E-state index in [1.165, 1.54) is 0 Å². The molecule has 0 aliphatic heterocycles. The third-order valence-electron chi connectivity index (χ3n) is 3.42. The molecule has 108 valence electrons. The fourth-order valence-electron chi connectivity index (χ4n) is 2.22. The second kappa shape index (κ2) is 8.23. The first-order valence-corrected chi connectivity index (χ1v) is 7.39. The molecule has 0 bridgehead atoms. The fraction of sp³-hybridized carbons (Fsp3) is 0.733. The summed E-state index contributed by atoms with van der Waals surface area (Å²) in [6.07, 6.45) is 4.75. The maximum absolute atomic E-state index is 5.95. The van der Waals surface area contributed by atoms with Crippen molar-refractivity contribution >= 4 is 0 Å². The van der Waals surface area contributed by atoms with Crippen LogP contribution in [-0.4, -0.2) is 23.1 Å². The van der Waals surface area contributed by atoms with E-state index in [1.807, 2.05) is 19.2 Å². The first-order chi connectivity index (χ1) is 9.22. The molecule has 1 N–H and O–H groups in total. The molecule has 0 spiro atoms. The van der Waals surface area contributed by atoms with E-state index in [0.717, 1.165) is 43.9 Å². The summed E-state index contributed by atoms with van der Waals surface area (Å²) in [6, 6.07) is 1.97. The monoisotopic (exact) mass is 265 g/mol. The lowest BCUT2D eigenvalue weighted by Gasteiger charge is -2.30. The molecule has 0 saturated carbocycles. The summed E-state index contributed by atoms with van der Waals surface area (Å²) in [6.45, 7) is 10.9. The minimum atomic E-state index is -0.338. The zero-order valence-electron chi connectivity index (χ0n) is 12.7. The van der Waals surface area contributed by atoms with E-state index < -0.39 is 0 Å². The highest BCUT2D eigenvalue weighted by molar-refractivity contribution is 5.08. The lowest BCUT2D eigenvalue weighted by atomic mass is 9.96. The normalized spacial score (nSPS) is 11.8. The minimum Gasteiger partial charge on any atom is -0.367 e. The zero-order chi connectivity index (χ0) is 14.1. The van der Waals surface area contributed by atoms with Crippen molar-refractivity contribution in [3.63, 3.8) is 0 Å². The SMILES string of the molecule is CCCNCc1ccnc(C(CC)(CC)OCC)n1. The second-order valence-electron chi connectivity index (χ2n) is 4.68. The van der Waals surface area contributed by atoms with Gasteiger partial charge in [-0.2, -0.15) is 0 Å². The summed E-state index contributed by atoms with van der Waals surface area (Å²) in [7, 11) is 0. The Balaban J connectivity index is 2.88. The van der Waals surface area contributed by atoms with Gasteiger partial charge in [0.2, 0.25) is 0 Å². The van der Waals surface area contributed by atoms with E-state index in [9.17, 15) is 0 Å². The summed E-state index contributed by atoms with van der Waals surface area (Å²) < 4.78 is 5.95. The van der Waals surface area contributed by atoms with Gasteiger partial charge < -0.3 is 10.1 Å². The number of nitrogens with one attached hydrogen (secondary N) is 1. The number of aromatic nitrogens is 2. The van der Waals surface area contributed by atoms with Gasteiger partial charge in [0, 0.05) is 19.3 Å². The van der Waals surface area contributed by atoms with Crippen molar-refractivity contribution in [1.29, 1.82) is 0 Å². The van der Waals surface area contributed by atoms with Crippen LogP contribution in [0.25, 0.3) is 0 Å². The van der Waals surface area contributed by atoms with E-state index in [4.69, 9.17) is 4.74 Å². The lowest BCUT2D eigenvalue weighted by Crippen LogP contribution is -2.31. The molecule has 0 aliphatic rings. The van der Waals surface area contributed by atoms with E-state index >= 15 is 0 Å². The summed E-state index contributed by atoms with van der Waals surface area (Å²) in [4.78, 5) is 9.12. The van der Waals surface area contributed by atoms with Crippen LogP contribution in [0.5, 0.6) is 0 Å². The summed E-state index contributed by atoms with van der Waals surface area (Å²) in [5.74, 6) is 0.815. The quantitative estimate of drug-likeness (QED) is 0.697. The second-order valence-corrected chi connectivity index (χ2v) is 4.68. The molecule has 0 atom stereocenters. The predicted octanol–water partition coefficient (Wildman–Crippen LogP) is 3.03. The van der Waals surface area contributed by atoms with Crippen molar-refractivity contribution in [3.8, 4) is 0 Å². The molecule has 0 aliphatic carbocycles. The van der Waals surface area contributed by atoms with Crippen LogP contribution < -0.4 is 5.32 Å². The predicted molar refractivity (Wildman–Crippen MR) is 77.9 cm³/mol. The third kappa shape index (κ3) is 4.25.